The van der Waals surface area contributed by atoms with E-state index < -0.39 is 17.8 Å². The minimum Gasteiger partial charge on any atom is -0.494 e. The van der Waals surface area contributed by atoms with Gasteiger partial charge in [0.25, 0.3) is 0 Å². The van der Waals surface area contributed by atoms with Crippen LogP contribution in [0.25, 0.3) is 0 Å². The second-order valence-corrected chi connectivity index (χ2v) is 10.2. The number of carboxylic acids is 1. The lowest BCUT2D eigenvalue weighted by Crippen LogP contribution is -3.14. The Kier molecular flexibility index (Phi) is 13.2. The van der Waals surface area contributed by atoms with Gasteiger partial charge in [-0.2, -0.15) is 15.0 Å². The van der Waals surface area contributed by atoms with E-state index in [0.717, 1.165) is 38.8 Å². The van der Waals surface area contributed by atoms with Gasteiger partial charge < -0.3 is 35.4 Å². The molecule has 1 aromatic carbocycles. The zero-order chi connectivity index (χ0) is 30.3. The van der Waals surface area contributed by atoms with Gasteiger partial charge in [-0.1, -0.05) is 12.2 Å². The van der Waals surface area contributed by atoms with Gasteiger partial charge >= 0.3 is 11.9 Å². The van der Waals surface area contributed by atoms with E-state index in [9.17, 15) is 14.0 Å². The number of allylic oxidation sites excluding steroid dienone is 1. The van der Waals surface area contributed by atoms with Gasteiger partial charge in [-0.3, -0.25) is 9.59 Å². The van der Waals surface area contributed by atoms with E-state index in [4.69, 9.17) is 9.84 Å². The number of nitrogens with zero attached hydrogens (tertiary/aromatic N) is 3. The van der Waals surface area contributed by atoms with Crippen LogP contribution in [0.3, 0.4) is 0 Å². The topological polar surface area (TPSA) is 152 Å². The molecular formula is C29H43FN7O5+. The zero-order valence-corrected chi connectivity index (χ0v) is 24.6. The van der Waals surface area contributed by atoms with Crippen molar-refractivity contribution in [3.05, 3.63) is 36.2 Å². The fraction of sp³-hybridized carbons (Fsp3) is 0.552. The maximum atomic E-state index is 14.2. The van der Waals surface area contributed by atoms with Crippen LogP contribution < -0.4 is 25.6 Å². The van der Waals surface area contributed by atoms with Gasteiger partial charge in [-0.15, -0.1) is 0 Å². The van der Waals surface area contributed by atoms with Crippen LogP contribution in [0.1, 0.15) is 58.3 Å². The first-order valence-corrected chi connectivity index (χ1v) is 14.5. The summed E-state index contributed by atoms with van der Waals surface area (Å²) in [6, 6.07) is 5.53. The Hall–Kier alpha value is -4.00. The number of halogens is 1. The Morgan fingerprint density at radius 1 is 1.07 bits per heavy atom. The van der Waals surface area contributed by atoms with Gasteiger partial charge in [-0.05, 0) is 44.7 Å². The monoisotopic (exact) mass is 588 g/mol. The number of methoxy groups -OCH3 is 2. The van der Waals surface area contributed by atoms with Crippen LogP contribution in [-0.4, -0.2) is 77.9 Å². The molecule has 13 heteroatoms. The number of carbonyl (C=O) groups excluding carboxylic acids is 1. The molecule has 1 aromatic heterocycles. The molecule has 42 heavy (non-hydrogen) atoms. The van der Waals surface area contributed by atoms with Crippen LogP contribution in [-0.2, 0) is 14.3 Å². The van der Waals surface area contributed by atoms with E-state index in [2.05, 4.69) is 54.7 Å². The summed E-state index contributed by atoms with van der Waals surface area (Å²) in [5, 5.41) is 18.1. The average molecular weight is 589 g/mol. The molecule has 5 N–H and O–H groups in total. The number of esters is 1. The largest absolute Gasteiger partial charge is 0.494 e. The lowest BCUT2D eigenvalue weighted by molar-refractivity contribution is -0.908. The molecule has 0 radical (unpaired) electrons. The summed E-state index contributed by atoms with van der Waals surface area (Å²) in [4.78, 5) is 35.4. The highest BCUT2D eigenvalue weighted by Gasteiger charge is 2.27. The molecule has 2 aliphatic rings. The van der Waals surface area contributed by atoms with E-state index in [1.54, 1.807) is 17.0 Å². The Labute approximate surface area is 246 Å². The summed E-state index contributed by atoms with van der Waals surface area (Å²) in [6.45, 7) is 5.39. The Bertz CT molecular complexity index is 1200. The number of ether oxygens (including phenoxy) is 2. The number of aromatic nitrogens is 3. The lowest BCUT2D eigenvalue weighted by Gasteiger charge is -2.21. The normalized spacial score (nSPS) is 19.6. The number of anilines is 4. The van der Waals surface area contributed by atoms with Crippen molar-refractivity contribution in [2.45, 2.75) is 70.4 Å². The summed E-state index contributed by atoms with van der Waals surface area (Å²) in [5.41, 5.74) is 0.547. The molecule has 3 atom stereocenters. The fourth-order valence-corrected chi connectivity index (χ4v) is 4.96. The van der Waals surface area contributed by atoms with Gasteiger partial charge in [0.15, 0.2) is 11.6 Å². The van der Waals surface area contributed by atoms with Crippen molar-refractivity contribution in [3.63, 3.8) is 0 Å². The van der Waals surface area contributed by atoms with Crippen LogP contribution >= 0.6 is 0 Å². The molecule has 2 aromatic rings. The Balaban J connectivity index is 0.000000467. The summed E-state index contributed by atoms with van der Waals surface area (Å²) in [5.74, 6) is -0.303. The van der Waals surface area contributed by atoms with E-state index in [0.29, 0.717) is 29.6 Å². The van der Waals surface area contributed by atoms with Gasteiger partial charge in [0.05, 0.1) is 46.7 Å². The number of likely N-dealkylation sites (N-methyl/N-ethyl adjacent to an activating group) is 1. The van der Waals surface area contributed by atoms with Crippen LogP contribution in [0, 0.1) is 5.82 Å². The van der Waals surface area contributed by atoms with Crippen LogP contribution in [0.5, 0.6) is 5.75 Å². The van der Waals surface area contributed by atoms with Crippen LogP contribution in [0.2, 0.25) is 0 Å². The maximum Gasteiger partial charge on any atom is 0.306 e. The number of nitrogens with one attached hydrogen (secondary N) is 4. The zero-order valence-electron chi connectivity index (χ0n) is 24.6. The number of rotatable bonds is 12. The van der Waals surface area contributed by atoms with Crippen molar-refractivity contribution < 1.29 is 33.5 Å². The number of likely N-dealkylation sites (tertiary alicyclic amines) is 1. The number of quaternary nitrogens is 1. The molecular weight excluding hydrogens is 545 g/mol. The molecule has 0 amide bonds. The molecule has 1 aliphatic heterocycles. The first kappa shape index (κ1) is 32.5. The first-order valence-electron chi connectivity index (χ1n) is 14.5. The number of carbonyl (C=O) groups is 2. The molecule has 4 rings (SSSR count). The van der Waals surface area contributed by atoms with Gasteiger partial charge in [0, 0.05) is 30.6 Å². The summed E-state index contributed by atoms with van der Waals surface area (Å²) < 4.78 is 23.4. The molecule has 1 saturated heterocycles. The van der Waals surface area contributed by atoms with Crippen LogP contribution in [0.15, 0.2) is 30.4 Å². The molecule has 2 heterocycles. The second kappa shape index (κ2) is 17.1. The molecule has 12 nitrogen and oxygen atoms in total. The third-order valence-corrected chi connectivity index (χ3v) is 7.25. The number of hydrogen-bond acceptors (Lipinski definition) is 10. The lowest BCUT2D eigenvalue weighted by atomic mass is 10.1. The number of benzene rings is 1. The minimum atomic E-state index is -0.986. The Morgan fingerprint density at radius 3 is 2.57 bits per heavy atom. The Morgan fingerprint density at radius 2 is 1.86 bits per heavy atom. The number of hydrogen-bond donors (Lipinski definition) is 5. The summed E-state index contributed by atoms with van der Waals surface area (Å²) in [6.07, 6.45) is 10.9. The molecule has 0 saturated carbocycles. The minimum absolute atomic E-state index is 0.0498. The summed E-state index contributed by atoms with van der Waals surface area (Å²) >= 11 is 0. The van der Waals surface area contributed by atoms with Crippen molar-refractivity contribution in [2.75, 3.05) is 49.8 Å². The van der Waals surface area contributed by atoms with Crippen molar-refractivity contribution in [1.29, 1.82) is 0 Å². The fourth-order valence-electron chi connectivity index (χ4n) is 4.96. The smallest absolute Gasteiger partial charge is 0.306 e. The van der Waals surface area contributed by atoms with Crippen LogP contribution in [0.4, 0.5) is 27.9 Å². The highest BCUT2D eigenvalue weighted by molar-refractivity contribution is 5.76. The predicted octanol–water partition coefficient (Wildman–Crippen LogP) is 3.18. The second-order valence-electron chi connectivity index (χ2n) is 10.2. The van der Waals surface area contributed by atoms with Gasteiger partial charge in [-0.25, -0.2) is 4.39 Å². The van der Waals surface area contributed by atoms with Gasteiger partial charge in [0.1, 0.15) is 6.04 Å². The quantitative estimate of drug-likeness (QED) is 0.184. The molecule has 1 fully saturated rings. The van der Waals surface area contributed by atoms with Crippen molar-refractivity contribution >= 4 is 35.5 Å². The first-order chi connectivity index (χ1) is 20.3. The predicted molar refractivity (Wildman–Crippen MR) is 158 cm³/mol. The average Bonchev–Trinajstić information content (AvgIpc) is 3.29. The molecule has 0 spiro atoms. The van der Waals surface area contributed by atoms with Crippen molar-refractivity contribution in [3.8, 4) is 5.75 Å². The van der Waals surface area contributed by atoms with E-state index in [-0.39, 0.29) is 24.6 Å². The maximum absolute atomic E-state index is 14.2. The number of carboxylic acid groups (broad SMARTS) is 1. The third kappa shape index (κ3) is 10.8. The molecule has 0 bridgehead atoms. The van der Waals surface area contributed by atoms with E-state index in [1.807, 2.05) is 0 Å². The summed E-state index contributed by atoms with van der Waals surface area (Å²) in [7, 11) is 2.67. The third-order valence-electron chi connectivity index (χ3n) is 7.25. The van der Waals surface area contributed by atoms with Gasteiger partial charge in [0.2, 0.25) is 17.8 Å². The number of aliphatic carboxylic acids is 1. The standard InChI is InChI=1S/C24H34FN7O.C5H8O4/c1-3-32-14-8-11-19(32)16-26-22-29-23(27-17-9-6-4-5-7-10-17)31-24(30-22)28-18-12-13-21(33-2)20(25)15-18;1-9-5(8)3-2-4(6)7/h4,6,12-13,15,17,19H,3,5,7-11,14,16H2,1-2H3,(H3,26,27,28,29,30,31);2-3H2,1H3,(H,6,7)/p+1. The van der Waals surface area contributed by atoms with E-state index in [1.165, 1.54) is 39.7 Å². The van der Waals surface area contributed by atoms with E-state index >= 15 is 0 Å². The highest BCUT2D eigenvalue weighted by atomic mass is 19.1. The van der Waals surface area contributed by atoms with Crippen molar-refractivity contribution in [2.24, 2.45) is 0 Å². The SMILES string of the molecule is CC[NH+]1CCCC1CNc1nc(Nc2ccc(OC)c(F)c2)nc(NC2CC=CCCC2)n1.COC(=O)CCC(=O)O. The molecule has 1 aliphatic carbocycles. The van der Waals surface area contributed by atoms with Crippen molar-refractivity contribution in [1.82, 2.24) is 15.0 Å². The highest BCUT2D eigenvalue weighted by Crippen LogP contribution is 2.24. The molecule has 230 valence electrons. The molecule has 3 unspecified atom stereocenters.